The van der Waals surface area contributed by atoms with Gasteiger partial charge in [0.15, 0.2) is 0 Å². The monoisotopic (exact) mass is 198 g/mol. The fourth-order valence-corrected chi connectivity index (χ4v) is 1.77. The summed E-state index contributed by atoms with van der Waals surface area (Å²) < 4.78 is 0. The molecule has 0 radical (unpaired) electrons. The van der Waals surface area contributed by atoms with Crippen LogP contribution in [0.5, 0.6) is 0 Å². The van der Waals surface area contributed by atoms with Gasteiger partial charge in [0, 0.05) is 11.3 Å². The number of nitro groups is 1. The zero-order valence-electron chi connectivity index (χ0n) is 7.94. The van der Waals surface area contributed by atoms with Crippen LogP contribution in [0.3, 0.4) is 0 Å². The van der Waals surface area contributed by atoms with Gasteiger partial charge in [-0.05, 0) is 18.9 Å². The normalized spacial score (nSPS) is 26.6. The van der Waals surface area contributed by atoms with Gasteiger partial charge in [0.25, 0.3) is 0 Å². The number of rotatable bonds is 3. The van der Waals surface area contributed by atoms with Crippen molar-refractivity contribution in [1.82, 2.24) is 5.32 Å². The highest BCUT2D eigenvalue weighted by atomic mass is 16.6. The summed E-state index contributed by atoms with van der Waals surface area (Å²) in [6.45, 7) is 3.31. The van der Waals surface area contributed by atoms with Crippen LogP contribution in [0.1, 0.15) is 25.7 Å². The third-order valence-corrected chi connectivity index (χ3v) is 2.51. The first kappa shape index (κ1) is 10.7. The third-order valence-electron chi connectivity index (χ3n) is 2.51. The molecule has 0 saturated heterocycles. The van der Waals surface area contributed by atoms with E-state index in [1.807, 2.05) is 0 Å². The Hall–Kier alpha value is -1.39. The molecule has 0 aliphatic heterocycles. The van der Waals surface area contributed by atoms with Crippen molar-refractivity contribution in [1.29, 1.82) is 0 Å². The molecule has 1 amide bonds. The van der Waals surface area contributed by atoms with Crippen LogP contribution in [-0.4, -0.2) is 22.9 Å². The van der Waals surface area contributed by atoms with Crippen molar-refractivity contribution in [3.63, 3.8) is 0 Å². The van der Waals surface area contributed by atoms with Gasteiger partial charge in [-0.15, -0.1) is 0 Å². The molecule has 1 fully saturated rings. The molecule has 0 spiro atoms. The lowest BCUT2D eigenvalue weighted by atomic mass is 9.91. The number of carbonyl (C=O) groups excluding carboxylic acids is 1. The van der Waals surface area contributed by atoms with Gasteiger partial charge in [0.05, 0.1) is 6.04 Å². The molecule has 0 heterocycles. The third kappa shape index (κ3) is 2.55. The molecule has 1 aliphatic carbocycles. The number of hydrogen-bond donors (Lipinski definition) is 1. The Balaban J connectivity index is 2.58. The van der Waals surface area contributed by atoms with Gasteiger partial charge >= 0.3 is 0 Å². The molecule has 2 unspecified atom stereocenters. The fourth-order valence-electron chi connectivity index (χ4n) is 1.77. The van der Waals surface area contributed by atoms with Gasteiger partial charge < -0.3 is 5.32 Å². The molecular weight excluding hydrogens is 184 g/mol. The molecule has 5 heteroatoms. The molecule has 1 rings (SSSR count). The minimum Gasteiger partial charge on any atom is -0.343 e. The van der Waals surface area contributed by atoms with Crippen LogP contribution >= 0.6 is 0 Å². The number of amides is 1. The smallest absolute Gasteiger partial charge is 0.243 e. The summed E-state index contributed by atoms with van der Waals surface area (Å²) in [6.07, 6.45) is 4.18. The van der Waals surface area contributed by atoms with E-state index in [1.54, 1.807) is 0 Å². The Morgan fingerprint density at radius 1 is 1.50 bits per heavy atom. The minimum absolute atomic E-state index is 0.298. The second-order valence-corrected chi connectivity index (χ2v) is 3.46. The van der Waals surface area contributed by atoms with Crippen LogP contribution in [0.2, 0.25) is 0 Å². The maximum Gasteiger partial charge on any atom is 0.243 e. The number of nitrogens with zero attached hydrogens (tertiary/aromatic N) is 1. The Labute approximate surface area is 82.3 Å². The Bertz CT molecular complexity index is 252. The molecule has 0 aromatic rings. The van der Waals surface area contributed by atoms with Crippen molar-refractivity contribution in [3.8, 4) is 0 Å². The summed E-state index contributed by atoms with van der Waals surface area (Å²) in [4.78, 5) is 21.4. The van der Waals surface area contributed by atoms with E-state index in [-0.39, 0.29) is 16.9 Å². The van der Waals surface area contributed by atoms with E-state index in [4.69, 9.17) is 0 Å². The lowest BCUT2D eigenvalue weighted by molar-refractivity contribution is -0.529. The van der Waals surface area contributed by atoms with Crippen LogP contribution in [-0.2, 0) is 4.79 Å². The summed E-state index contributed by atoms with van der Waals surface area (Å²) in [5.41, 5.74) is 0. The topological polar surface area (TPSA) is 72.2 Å². The minimum atomic E-state index is -0.632. The lowest BCUT2D eigenvalue weighted by Gasteiger charge is -2.25. The van der Waals surface area contributed by atoms with E-state index in [0.29, 0.717) is 12.8 Å². The Morgan fingerprint density at radius 3 is 2.71 bits per heavy atom. The van der Waals surface area contributed by atoms with E-state index >= 15 is 0 Å². The maximum absolute atomic E-state index is 11.0. The zero-order valence-corrected chi connectivity index (χ0v) is 7.94. The summed E-state index contributed by atoms with van der Waals surface area (Å²) in [5.74, 6) is -0.330. The molecule has 1 aliphatic rings. The van der Waals surface area contributed by atoms with Crippen molar-refractivity contribution in [2.24, 2.45) is 0 Å². The van der Waals surface area contributed by atoms with Crippen LogP contribution in [0, 0.1) is 10.1 Å². The zero-order chi connectivity index (χ0) is 10.6. The molecule has 2 atom stereocenters. The predicted octanol–water partition coefficient (Wildman–Crippen LogP) is 0.876. The average molecular weight is 198 g/mol. The molecule has 0 aromatic carbocycles. The first-order valence-electron chi connectivity index (χ1n) is 4.71. The average Bonchev–Trinajstić information content (AvgIpc) is 2.18. The van der Waals surface area contributed by atoms with Crippen molar-refractivity contribution in [2.75, 3.05) is 0 Å². The molecule has 14 heavy (non-hydrogen) atoms. The van der Waals surface area contributed by atoms with Crippen LogP contribution in [0.4, 0.5) is 0 Å². The SMILES string of the molecule is C=CC(=O)NC1CCCCC1[N+](=O)[O-]. The highest BCUT2D eigenvalue weighted by Gasteiger charge is 2.34. The fraction of sp³-hybridized carbons (Fsp3) is 0.667. The van der Waals surface area contributed by atoms with E-state index in [1.165, 1.54) is 0 Å². The standard InChI is InChI=1S/C9H14N2O3/c1-2-9(12)10-7-5-3-4-6-8(7)11(13)14/h2,7-8H,1,3-6H2,(H,10,12). The predicted molar refractivity (Wildman–Crippen MR) is 51.4 cm³/mol. The Kier molecular flexibility index (Phi) is 3.62. The molecule has 1 N–H and O–H groups in total. The Morgan fingerprint density at radius 2 is 2.14 bits per heavy atom. The van der Waals surface area contributed by atoms with Gasteiger partial charge in [-0.25, -0.2) is 0 Å². The summed E-state index contributed by atoms with van der Waals surface area (Å²) >= 11 is 0. The lowest BCUT2D eigenvalue weighted by Crippen LogP contribution is -2.48. The summed E-state index contributed by atoms with van der Waals surface area (Å²) in [7, 11) is 0. The van der Waals surface area contributed by atoms with Crippen molar-refractivity contribution in [3.05, 3.63) is 22.8 Å². The summed E-state index contributed by atoms with van der Waals surface area (Å²) in [5, 5.41) is 13.3. The van der Waals surface area contributed by atoms with Gasteiger partial charge in [0.2, 0.25) is 11.9 Å². The van der Waals surface area contributed by atoms with E-state index in [2.05, 4.69) is 11.9 Å². The maximum atomic E-state index is 11.0. The van der Waals surface area contributed by atoms with Gasteiger partial charge in [0.1, 0.15) is 0 Å². The quantitative estimate of drug-likeness (QED) is 0.415. The second kappa shape index (κ2) is 4.74. The molecule has 78 valence electrons. The van der Waals surface area contributed by atoms with Crippen molar-refractivity contribution in [2.45, 2.75) is 37.8 Å². The van der Waals surface area contributed by atoms with Crippen LogP contribution in [0.25, 0.3) is 0 Å². The molecule has 1 saturated carbocycles. The summed E-state index contributed by atoms with van der Waals surface area (Å²) in [6, 6.07) is -0.961. The first-order chi connectivity index (χ1) is 6.65. The molecular formula is C9H14N2O3. The number of hydrogen-bond acceptors (Lipinski definition) is 3. The van der Waals surface area contributed by atoms with Gasteiger partial charge in [-0.3, -0.25) is 14.9 Å². The van der Waals surface area contributed by atoms with E-state index in [0.717, 1.165) is 18.9 Å². The van der Waals surface area contributed by atoms with Gasteiger partial charge in [-0.1, -0.05) is 13.0 Å². The van der Waals surface area contributed by atoms with Crippen LogP contribution in [0.15, 0.2) is 12.7 Å². The molecule has 0 bridgehead atoms. The van der Waals surface area contributed by atoms with Gasteiger partial charge in [-0.2, -0.15) is 0 Å². The molecule has 5 nitrogen and oxygen atoms in total. The first-order valence-corrected chi connectivity index (χ1v) is 4.71. The molecule has 0 aromatic heterocycles. The van der Waals surface area contributed by atoms with E-state index < -0.39 is 6.04 Å². The largest absolute Gasteiger partial charge is 0.343 e. The van der Waals surface area contributed by atoms with Crippen molar-refractivity contribution >= 4 is 5.91 Å². The van der Waals surface area contributed by atoms with E-state index in [9.17, 15) is 14.9 Å². The van der Waals surface area contributed by atoms with Crippen LogP contribution < -0.4 is 5.32 Å². The number of carbonyl (C=O) groups is 1. The van der Waals surface area contributed by atoms with Crippen molar-refractivity contribution < 1.29 is 9.72 Å². The highest BCUT2D eigenvalue weighted by molar-refractivity contribution is 5.87. The second-order valence-electron chi connectivity index (χ2n) is 3.46. The number of nitrogens with one attached hydrogen (secondary N) is 1. The highest BCUT2D eigenvalue weighted by Crippen LogP contribution is 2.20.